The number of nitrogens with zero attached hydrogens (tertiary/aromatic N) is 2. The van der Waals surface area contributed by atoms with E-state index in [1.54, 1.807) is 11.1 Å². The second-order valence-electron chi connectivity index (χ2n) is 3.38. The van der Waals surface area contributed by atoms with Crippen molar-refractivity contribution in [3.05, 3.63) is 23.9 Å². The van der Waals surface area contributed by atoms with Crippen LogP contribution in [0.3, 0.4) is 0 Å². The first-order valence-corrected chi connectivity index (χ1v) is 4.75. The monoisotopic (exact) mass is 191 g/mol. The maximum absolute atomic E-state index is 11.7. The van der Waals surface area contributed by atoms with E-state index in [9.17, 15) is 4.79 Å². The van der Waals surface area contributed by atoms with E-state index < -0.39 is 6.04 Å². The molecule has 1 aromatic heterocycles. The topological polar surface area (TPSA) is 59.2 Å². The van der Waals surface area contributed by atoms with Crippen LogP contribution >= 0.6 is 0 Å². The molecule has 2 N–H and O–H groups in total. The molecule has 1 amide bonds. The fourth-order valence-electron chi connectivity index (χ4n) is 1.77. The predicted octanol–water partition coefficient (Wildman–Crippen LogP) is 0.318. The van der Waals surface area contributed by atoms with Crippen molar-refractivity contribution in [2.24, 2.45) is 5.73 Å². The second kappa shape index (κ2) is 3.38. The first kappa shape index (κ1) is 9.15. The number of nitrogens with two attached hydrogens (primary N) is 1. The zero-order valence-electron chi connectivity index (χ0n) is 8.10. The highest BCUT2D eigenvalue weighted by Gasteiger charge is 2.29. The van der Waals surface area contributed by atoms with E-state index in [1.165, 1.54) is 0 Å². The maximum atomic E-state index is 11.7. The van der Waals surface area contributed by atoms with Crippen molar-refractivity contribution in [1.29, 1.82) is 0 Å². The van der Waals surface area contributed by atoms with Crippen LogP contribution in [0.15, 0.2) is 18.3 Å². The lowest BCUT2D eigenvalue weighted by molar-refractivity contribution is -0.120. The molecule has 0 fully saturated rings. The van der Waals surface area contributed by atoms with Crippen LogP contribution in [0.1, 0.15) is 12.5 Å². The van der Waals surface area contributed by atoms with Crippen LogP contribution in [0.2, 0.25) is 0 Å². The summed E-state index contributed by atoms with van der Waals surface area (Å²) in [6, 6.07) is 3.43. The van der Waals surface area contributed by atoms with Crippen LogP contribution in [0, 0.1) is 0 Å². The van der Waals surface area contributed by atoms with Crippen molar-refractivity contribution in [1.82, 2.24) is 4.98 Å². The van der Waals surface area contributed by atoms with Gasteiger partial charge >= 0.3 is 0 Å². The fourth-order valence-corrected chi connectivity index (χ4v) is 1.77. The molecule has 0 bridgehead atoms. The van der Waals surface area contributed by atoms with Gasteiger partial charge in [0.05, 0.1) is 6.04 Å². The molecule has 2 heterocycles. The summed E-state index contributed by atoms with van der Waals surface area (Å²) in [7, 11) is 0. The van der Waals surface area contributed by atoms with Crippen molar-refractivity contribution in [2.75, 3.05) is 11.4 Å². The molecule has 1 unspecified atom stereocenters. The molecular formula is C10H13N3O. The minimum absolute atomic E-state index is 0.0290. The molecule has 2 rings (SSSR count). The molecule has 1 atom stereocenters. The molecule has 4 nitrogen and oxygen atoms in total. The van der Waals surface area contributed by atoms with Crippen molar-refractivity contribution in [2.45, 2.75) is 19.4 Å². The molecule has 0 spiro atoms. The summed E-state index contributed by atoms with van der Waals surface area (Å²) < 4.78 is 0. The summed E-state index contributed by atoms with van der Waals surface area (Å²) in [5.41, 5.74) is 6.80. The van der Waals surface area contributed by atoms with Crippen molar-refractivity contribution in [3.63, 3.8) is 0 Å². The van der Waals surface area contributed by atoms with Crippen molar-refractivity contribution in [3.8, 4) is 0 Å². The Bertz CT molecular complexity index is 364. The molecular weight excluding hydrogens is 178 g/mol. The van der Waals surface area contributed by atoms with E-state index in [4.69, 9.17) is 5.73 Å². The standard InChI is InChI=1S/C10H13N3O/c1-2-13-9-7(4-3-5-12-9)6-8(11)10(13)14/h3-5,8H,2,6,11H2,1H3. The Kier molecular flexibility index (Phi) is 2.21. The van der Waals surface area contributed by atoms with Crippen molar-refractivity contribution < 1.29 is 4.79 Å². The number of rotatable bonds is 1. The predicted molar refractivity (Wildman–Crippen MR) is 53.9 cm³/mol. The second-order valence-corrected chi connectivity index (χ2v) is 3.38. The zero-order chi connectivity index (χ0) is 10.1. The Morgan fingerprint density at radius 3 is 3.21 bits per heavy atom. The Labute approximate surface area is 82.7 Å². The van der Waals surface area contributed by atoms with E-state index in [0.717, 1.165) is 11.4 Å². The third-order valence-corrected chi connectivity index (χ3v) is 2.46. The highest BCUT2D eigenvalue weighted by Crippen LogP contribution is 2.23. The molecule has 0 aliphatic carbocycles. The summed E-state index contributed by atoms with van der Waals surface area (Å²) in [5, 5.41) is 0. The van der Waals surface area contributed by atoms with Gasteiger partial charge in [-0.25, -0.2) is 4.98 Å². The highest BCUT2D eigenvalue weighted by atomic mass is 16.2. The number of pyridine rings is 1. The van der Waals surface area contributed by atoms with Gasteiger partial charge in [-0.2, -0.15) is 0 Å². The number of hydrogen-bond acceptors (Lipinski definition) is 3. The van der Waals surface area contributed by atoms with Gasteiger partial charge in [-0.15, -0.1) is 0 Å². The molecule has 1 aromatic rings. The summed E-state index contributed by atoms with van der Waals surface area (Å²) in [6.45, 7) is 2.55. The number of aromatic nitrogens is 1. The van der Waals surface area contributed by atoms with E-state index >= 15 is 0 Å². The first-order chi connectivity index (χ1) is 6.74. The zero-order valence-corrected chi connectivity index (χ0v) is 8.10. The van der Waals surface area contributed by atoms with Gasteiger partial charge in [0, 0.05) is 19.2 Å². The summed E-state index contributed by atoms with van der Waals surface area (Å²) in [5.74, 6) is 0.736. The Balaban J connectivity index is 2.47. The van der Waals surface area contributed by atoms with Crippen LogP contribution < -0.4 is 10.6 Å². The normalized spacial score (nSPS) is 20.9. The smallest absolute Gasteiger partial charge is 0.245 e. The van der Waals surface area contributed by atoms with E-state index in [1.807, 2.05) is 19.1 Å². The molecule has 74 valence electrons. The summed E-state index contributed by atoms with van der Waals surface area (Å²) in [4.78, 5) is 17.5. The molecule has 14 heavy (non-hydrogen) atoms. The molecule has 1 aliphatic heterocycles. The van der Waals surface area contributed by atoms with E-state index in [2.05, 4.69) is 4.98 Å². The Hall–Kier alpha value is -1.42. The van der Waals surface area contributed by atoms with Crippen LogP contribution in [-0.4, -0.2) is 23.5 Å². The minimum Gasteiger partial charge on any atom is -0.320 e. The van der Waals surface area contributed by atoms with Gasteiger partial charge < -0.3 is 5.73 Å². The van der Waals surface area contributed by atoms with Gasteiger partial charge in [-0.1, -0.05) is 6.07 Å². The number of fused-ring (bicyclic) bond motifs is 1. The molecule has 0 radical (unpaired) electrons. The van der Waals surface area contributed by atoms with Gasteiger partial charge in [-0.05, 0) is 18.6 Å². The highest BCUT2D eigenvalue weighted by molar-refractivity contribution is 5.99. The lowest BCUT2D eigenvalue weighted by Gasteiger charge is -2.30. The average molecular weight is 191 g/mol. The third-order valence-electron chi connectivity index (χ3n) is 2.46. The van der Waals surface area contributed by atoms with Gasteiger partial charge in [0.2, 0.25) is 5.91 Å². The van der Waals surface area contributed by atoms with E-state index in [-0.39, 0.29) is 5.91 Å². The van der Waals surface area contributed by atoms with Gasteiger partial charge in [0.15, 0.2) is 0 Å². The van der Waals surface area contributed by atoms with Gasteiger partial charge in [0.25, 0.3) is 0 Å². The Morgan fingerprint density at radius 1 is 1.71 bits per heavy atom. The number of hydrogen-bond donors (Lipinski definition) is 1. The lowest BCUT2D eigenvalue weighted by atomic mass is 10.0. The number of amides is 1. The fraction of sp³-hybridized carbons (Fsp3) is 0.400. The van der Waals surface area contributed by atoms with Crippen molar-refractivity contribution >= 4 is 11.7 Å². The van der Waals surface area contributed by atoms with Crippen LogP contribution in [0.4, 0.5) is 5.82 Å². The van der Waals surface area contributed by atoms with Crippen LogP contribution in [0.5, 0.6) is 0 Å². The van der Waals surface area contributed by atoms with E-state index in [0.29, 0.717) is 13.0 Å². The lowest BCUT2D eigenvalue weighted by Crippen LogP contribution is -2.49. The third kappa shape index (κ3) is 1.28. The quantitative estimate of drug-likeness (QED) is 0.695. The maximum Gasteiger partial charge on any atom is 0.245 e. The van der Waals surface area contributed by atoms with Gasteiger partial charge in [-0.3, -0.25) is 9.69 Å². The molecule has 4 heteroatoms. The molecule has 0 saturated carbocycles. The molecule has 0 aromatic carbocycles. The number of carbonyl (C=O) groups excluding carboxylic acids is 1. The Morgan fingerprint density at radius 2 is 2.50 bits per heavy atom. The van der Waals surface area contributed by atoms with Crippen LogP contribution in [0.25, 0.3) is 0 Å². The first-order valence-electron chi connectivity index (χ1n) is 4.75. The number of likely N-dealkylation sites (N-methyl/N-ethyl adjacent to an activating group) is 1. The number of anilines is 1. The SMILES string of the molecule is CCN1C(=O)C(N)Cc2cccnc21. The minimum atomic E-state index is -0.411. The summed E-state index contributed by atoms with van der Waals surface area (Å²) in [6.07, 6.45) is 2.30. The average Bonchev–Trinajstić information content (AvgIpc) is 2.20. The van der Waals surface area contributed by atoms with Gasteiger partial charge in [0.1, 0.15) is 5.82 Å². The molecule has 0 saturated heterocycles. The largest absolute Gasteiger partial charge is 0.320 e. The number of carbonyl (C=O) groups is 1. The summed E-state index contributed by atoms with van der Waals surface area (Å²) >= 11 is 0. The van der Waals surface area contributed by atoms with Crippen LogP contribution in [-0.2, 0) is 11.2 Å². The molecule has 1 aliphatic rings.